The van der Waals surface area contributed by atoms with Crippen molar-refractivity contribution < 1.29 is 14.5 Å². The summed E-state index contributed by atoms with van der Waals surface area (Å²) in [6, 6.07) is 0.562. The predicted molar refractivity (Wildman–Crippen MR) is 52.3 cm³/mol. The van der Waals surface area contributed by atoms with Crippen LogP contribution in [0.5, 0.6) is 0 Å². The van der Waals surface area contributed by atoms with Crippen molar-refractivity contribution in [3.05, 3.63) is 0 Å². The first-order valence-electron chi connectivity index (χ1n) is 3.56. The Kier molecular flexibility index (Phi) is 9.35. The van der Waals surface area contributed by atoms with E-state index in [0.29, 0.717) is 0 Å². The maximum absolute atomic E-state index is 5.65. The van der Waals surface area contributed by atoms with E-state index in [1.54, 1.807) is 0 Å². The van der Waals surface area contributed by atoms with Gasteiger partial charge in [0.1, 0.15) is 0 Å². The van der Waals surface area contributed by atoms with E-state index < -0.39 is 0 Å². The molecule has 0 unspecified atom stereocenters. The molecule has 72 valence electrons. The summed E-state index contributed by atoms with van der Waals surface area (Å²) in [5, 5.41) is 0. The minimum absolute atomic E-state index is 0.208. The molecule has 1 aliphatic carbocycles. The predicted octanol–water partition coefficient (Wildman–Crippen LogP) is 1.90. The van der Waals surface area contributed by atoms with Crippen LogP contribution < -0.4 is 11.5 Å². The van der Waals surface area contributed by atoms with Gasteiger partial charge < -0.3 is 11.5 Å². The van der Waals surface area contributed by atoms with Crippen LogP contribution in [0.4, 0.5) is 0 Å². The van der Waals surface area contributed by atoms with Gasteiger partial charge in [0.25, 0.3) is 0 Å². The number of rotatable bonds is 0. The Labute approximate surface area is 89.7 Å². The molecule has 5 heteroatoms. The quantitative estimate of drug-likeness (QED) is 0.570. The van der Waals surface area contributed by atoms with Gasteiger partial charge in [-0.2, -0.15) is 0 Å². The molecule has 0 radical (unpaired) electrons. The van der Waals surface area contributed by atoms with E-state index in [4.69, 9.17) is 11.5 Å². The van der Waals surface area contributed by atoms with E-state index in [9.17, 15) is 0 Å². The van der Waals surface area contributed by atoms with Gasteiger partial charge in [-0.25, -0.2) is 0 Å². The molecule has 1 fully saturated rings. The fourth-order valence-electron chi connectivity index (χ4n) is 1.19. The van der Waals surface area contributed by atoms with Gasteiger partial charge in [0, 0.05) is 12.1 Å². The van der Waals surface area contributed by atoms with Crippen molar-refractivity contribution in [2.24, 2.45) is 11.5 Å². The molecule has 0 amide bonds. The van der Waals surface area contributed by atoms with Crippen LogP contribution in [0.1, 0.15) is 25.7 Å². The molecule has 2 atom stereocenters. The third-order valence-electron chi connectivity index (χ3n) is 1.87. The van der Waals surface area contributed by atoms with Crippen molar-refractivity contribution in [1.29, 1.82) is 0 Å². The van der Waals surface area contributed by atoms with E-state index in [1.807, 2.05) is 0 Å². The minimum atomic E-state index is 0.208. The number of hydrogen-bond donors (Lipinski definition) is 2. The Hall–Kier alpha value is 1.57. The van der Waals surface area contributed by atoms with Gasteiger partial charge in [0.15, 0.2) is 0 Å². The van der Waals surface area contributed by atoms with Gasteiger partial charge >= 0.3 is 41.0 Å². The molecule has 0 aromatic carbocycles. The van der Waals surface area contributed by atoms with Crippen LogP contribution in [0.25, 0.3) is 0 Å². The molecule has 0 bridgehead atoms. The Bertz CT molecular complexity index is 84.7. The summed E-state index contributed by atoms with van der Waals surface area (Å²) in [4.78, 5) is 0. The summed E-state index contributed by atoms with van der Waals surface area (Å²) < 4.78 is 0. The Morgan fingerprint density at radius 2 is 1.27 bits per heavy atom. The van der Waals surface area contributed by atoms with Gasteiger partial charge in [0.2, 0.25) is 0 Å². The Morgan fingerprint density at radius 3 is 1.45 bits per heavy atom. The number of hydrogen-bond acceptors (Lipinski definition) is 2. The van der Waals surface area contributed by atoms with Gasteiger partial charge in [-0.3, -0.25) is 0 Å². The average molecular weight is 469 g/mol. The molecule has 0 saturated heterocycles. The summed E-state index contributed by atoms with van der Waals surface area (Å²) in [5.74, 6) is 0. The molecular formula is C6H14Br2N2Pt. The zero-order chi connectivity index (χ0) is 8.69. The van der Waals surface area contributed by atoms with Crippen LogP contribution in [0.2, 0.25) is 0 Å². The van der Waals surface area contributed by atoms with Crippen LogP contribution in [0, 0.1) is 0 Å². The normalized spacial score (nSPS) is 30.9. The van der Waals surface area contributed by atoms with Crippen molar-refractivity contribution in [1.82, 2.24) is 0 Å². The number of halogens is 2. The van der Waals surface area contributed by atoms with Crippen LogP contribution in [0.15, 0.2) is 0 Å². The standard InChI is InChI=1S/C6H14N2.2BrH.Pt/c7-5-3-1-2-4-6(5)8;;;/h5-6H,1-4,7-8H2;2*1H;/q;;;+2/p-2/t5-,6+;;;. The molecule has 0 aromatic rings. The van der Waals surface area contributed by atoms with Crippen LogP contribution in [-0.4, -0.2) is 12.1 Å². The number of nitrogens with two attached hydrogens (primary N) is 2. The second kappa shape index (κ2) is 8.18. The van der Waals surface area contributed by atoms with Gasteiger partial charge in [0.05, 0.1) is 0 Å². The zero-order valence-corrected chi connectivity index (χ0v) is 11.7. The molecule has 1 rings (SSSR count). The first kappa shape index (κ1) is 12.6. The summed E-state index contributed by atoms with van der Waals surface area (Å²) >= 11 is 6.56. The van der Waals surface area contributed by atoms with Crippen molar-refractivity contribution in [3.8, 4) is 0 Å². The zero-order valence-electron chi connectivity index (χ0n) is 6.21. The monoisotopic (exact) mass is 467 g/mol. The second-order valence-electron chi connectivity index (χ2n) is 2.66. The fourth-order valence-corrected chi connectivity index (χ4v) is 1.19. The molecule has 1 saturated carbocycles. The molecular weight excluding hydrogens is 455 g/mol. The molecule has 0 aliphatic heterocycles. The van der Waals surface area contributed by atoms with Gasteiger partial charge in [-0.15, -0.1) is 0 Å². The molecule has 4 N–H and O–H groups in total. The molecule has 0 spiro atoms. The van der Waals surface area contributed by atoms with Crippen molar-refractivity contribution >= 4 is 26.6 Å². The van der Waals surface area contributed by atoms with E-state index >= 15 is 0 Å². The van der Waals surface area contributed by atoms with Crippen molar-refractivity contribution in [3.63, 3.8) is 0 Å². The summed E-state index contributed by atoms with van der Waals surface area (Å²) in [7, 11) is 0. The maximum atomic E-state index is 5.65. The Morgan fingerprint density at radius 1 is 1.00 bits per heavy atom. The average Bonchev–Trinajstić information content (AvgIpc) is 1.97. The van der Waals surface area contributed by atoms with Crippen LogP contribution >= 0.6 is 26.6 Å². The van der Waals surface area contributed by atoms with E-state index in [1.165, 1.54) is 12.8 Å². The first-order valence-corrected chi connectivity index (χ1v) is 13.5. The molecule has 11 heavy (non-hydrogen) atoms. The van der Waals surface area contributed by atoms with E-state index in [0.717, 1.165) is 12.8 Å². The Balaban J connectivity index is 0.000000292. The molecule has 0 aromatic heterocycles. The SMILES string of the molecule is N[C@@H]1CCCC[C@@H]1N.[Br][Pt][Br]. The summed E-state index contributed by atoms with van der Waals surface area (Å²) in [5.41, 5.74) is 11.3. The third kappa shape index (κ3) is 6.70. The van der Waals surface area contributed by atoms with Crippen molar-refractivity contribution in [2.75, 3.05) is 0 Å². The van der Waals surface area contributed by atoms with Gasteiger partial charge in [-0.1, -0.05) is 12.8 Å². The van der Waals surface area contributed by atoms with Crippen LogP contribution in [-0.2, 0) is 14.5 Å². The second-order valence-corrected chi connectivity index (χ2v) is 12.6. The van der Waals surface area contributed by atoms with Gasteiger partial charge in [-0.05, 0) is 12.8 Å². The molecule has 1 aliphatic rings. The third-order valence-corrected chi connectivity index (χ3v) is 1.87. The molecule has 2 nitrogen and oxygen atoms in total. The van der Waals surface area contributed by atoms with Crippen LogP contribution in [0.3, 0.4) is 0 Å². The fraction of sp³-hybridized carbons (Fsp3) is 1.00. The summed E-state index contributed by atoms with van der Waals surface area (Å²) in [6.07, 6.45) is 4.80. The summed E-state index contributed by atoms with van der Waals surface area (Å²) in [6.45, 7) is 0. The first-order chi connectivity index (χ1) is 5.22. The van der Waals surface area contributed by atoms with E-state index in [2.05, 4.69) is 26.6 Å². The van der Waals surface area contributed by atoms with E-state index in [-0.39, 0.29) is 26.5 Å². The van der Waals surface area contributed by atoms with Crippen molar-refractivity contribution in [2.45, 2.75) is 37.8 Å². The molecule has 0 heterocycles. The topological polar surface area (TPSA) is 52.0 Å².